The Kier molecular flexibility index (Phi) is 6.16. The fraction of sp³-hybridized carbons (Fsp3) is 0.261. The van der Waals surface area contributed by atoms with E-state index in [4.69, 9.17) is 16.6 Å². The minimum absolute atomic E-state index is 0.0237. The maximum absolute atomic E-state index is 13.5. The fourth-order valence-corrected chi connectivity index (χ4v) is 3.80. The van der Waals surface area contributed by atoms with Crippen LogP contribution in [0.2, 0.25) is 5.02 Å². The highest BCUT2D eigenvalue weighted by Gasteiger charge is 2.27. The van der Waals surface area contributed by atoms with Crippen molar-refractivity contribution in [3.05, 3.63) is 74.9 Å². The number of nitro groups is 1. The molecule has 0 unspecified atom stereocenters. The summed E-state index contributed by atoms with van der Waals surface area (Å²) in [6.45, 7) is 4.61. The number of rotatable bonds is 4. The molecule has 0 aliphatic carbocycles. The zero-order chi connectivity index (χ0) is 22.8. The van der Waals surface area contributed by atoms with Crippen molar-refractivity contribution in [2.45, 2.75) is 6.92 Å². The average Bonchev–Trinajstić information content (AvgIpc) is 2.79. The number of likely N-dealkylation sites (N-methyl/N-ethyl adjacent to an activating group) is 1. The molecule has 9 heteroatoms. The number of halogens is 1. The number of piperazine rings is 1. The van der Waals surface area contributed by atoms with E-state index in [1.807, 2.05) is 24.1 Å². The van der Waals surface area contributed by atoms with Crippen LogP contribution in [0.3, 0.4) is 0 Å². The summed E-state index contributed by atoms with van der Waals surface area (Å²) in [7, 11) is 2.03. The molecule has 0 N–H and O–H groups in total. The molecule has 1 aliphatic heterocycles. The lowest BCUT2D eigenvalue weighted by atomic mass is 10.0. The van der Waals surface area contributed by atoms with E-state index in [-0.39, 0.29) is 11.6 Å². The fourth-order valence-electron chi connectivity index (χ4n) is 3.67. The summed E-state index contributed by atoms with van der Waals surface area (Å²) in [5, 5.41) is 11.7. The third-order valence-electron chi connectivity index (χ3n) is 5.55. The van der Waals surface area contributed by atoms with Gasteiger partial charge in [0.1, 0.15) is 0 Å². The molecule has 1 amide bonds. The van der Waals surface area contributed by atoms with E-state index in [9.17, 15) is 14.9 Å². The molecule has 3 aromatic rings. The normalized spacial score (nSPS) is 14.4. The Labute approximate surface area is 190 Å². The summed E-state index contributed by atoms with van der Waals surface area (Å²) < 4.78 is 0. The molecule has 1 aliphatic rings. The molecule has 4 rings (SSSR count). The minimum atomic E-state index is -0.454. The Morgan fingerprint density at radius 2 is 1.56 bits per heavy atom. The smallest absolute Gasteiger partial charge is 0.269 e. The van der Waals surface area contributed by atoms with Crippen LogP contribution in [0.25, 0.3) is 22.6 Å². The van der Waals surface area contributed by atoms with Crippen LogP contribution in [0.15, 0.2) is 48.5 Å². The van der Waals surface area contributed by atoms with Crippen molar-refractivity contribution >= 4 is 23.2 Å². The maximum atomic E-state index is 13.5. The molecule has 2 aromatic carbocycles. The first-order chi connectivity index (χ1) is 15.3. The number of non-ortho nitro benzene ring substituents is 1. The van der Waals surface area contributed by atoms with Crippen molar-refractivity contribution in [1.29, 1.82) is 0 Å². The van der Waals surface area contributed by atoms with Gasteiger partial charge in [-0.3, -0.25) is 14.9 Å². The number of aromatic nitrogens is 2. The van der Waals surface area contributed by atoms with Gasteiger partial charge in [-0.2, -0.15) is 0 Å². The van der Waals surface area contributed by atoms with Gasteiger partial charge in [0.2, 0.25) is 0 Å². The Hall–Kier alpha value is -3.36. The van der Waals surface area contributed by atoms with Crippen LogP contribution in [0.1, 0.15) is 16.1 Å². The molecule has 8 nitrogen and oxygen atoms in total. The number of carbonyl (C=O) groups excluding carboxylic acids is 1. The molecule has 0 radical (unpaired) electrons. The van der Waals surface area contributed by atoms with Crippen LogP contribution in [-0.4, -0.2) is 63.8 Å². The third kappa shape index (κ3) is 4.46. The summed E-state index contributed by atoms with van der Waals surface area (Å²) in [6.07, 6.45) is 0. The maximum Gasteiger partial charge on any atom is 0.269 e. The van der Waals surface area contributed by atoms with E-state index < -0.39 is 4.92 Å². The molecule has 0 spiro atoms. The number of nitro benzene ring substituents is 1. The van der Waals surface area contributed by atoms with E-state index in [1.54, 1.807) is 31.2 Å². The standard InChI is InChI=1S/C23H22ClN5O3/c1-15-20(23(30)28-13-11-27(2)12-14-28)21(16-5-9-19(10-6-16)29(31)32)26-22(25-15)17-3-7-18(24)8-4-17/h3-10H,11-14H2,1-2H3. The number of hydrogen-bond donors (Lipinski definition) is 0. The predicted octanol–water partition coefficient (Wildman–Crippen LogP) is 4.07. The quantitative estimate of drug-likeness (QED) is 0.438. The van der Waals surface area contributed by atoms with Crippen molar-refractivity contribution in [1.82, 2.24) is 19.8 Å². The summed E-state index contributed by atoms with van der Waals surface area (Å²) in [5.41, 5.74) is 2.79. The minimum Gasteiger partial charge on any atom is -0.336 e. The van der Waals surface area contributed by atoms with Gasteiger partial charge in [-0.15, -0.1) is 0 Å². The average molecular weight is 452 g/mol. The summed E-state index contributed by atoms with van der Waals surface area (Å²) >= 11 is 6.01. The highest BCUT2D eigenvalue weighted by atomic mass is 35.5. The summed E-state index contributed by atoms with van der Waals surface area (Å²) in [5.74, 6) is 0.328. The number of hydrogen-bond acceptors (Lipinski definition) is 6. The molecule has 1 saturated heterocycles. The Balaban J connectivity index is 1.83. The summed E-state index contributed by atoms with van der Waals surface area (Å²) in [4.78, 5) is 37.4. The molecule has 1 fully saturated rings. The summed E-state index contributed by atoms with van der Waals surface area (Å²) in [6, 6.07) is 13.2. The SMILES string of the molecule is Cc1nc(-c2ccc(Cl)cc2)nc(-c2ccc([N+](=O)[O-])cc2)c1C(=O)N1CCN(C)CC1. The first-order valence-electron chi connectivity index (χ1n) is 10.2. The Morgan fingerprint density at radius 3 is 2.16 bits per heavy atom. The second-order valence-corrected chi connectivity index (χ2v) is 8.20. The van der Waals surface area contributed by atoms with Gasteiger partial charge in [0.15, 0.2) is 5.82 Å². The molecule has 1 aromatic heterocycles. The van der Waals surface area contributed by atoms with Gasteiger partial charge in [-0.1, -0.05) is 11.6 Å². The lowest BCUT2D eigenvalue weighted by molar-refractivity contribution is -0.384. The lowest BCUT2D eigenvalue weighted by Gasteiger charge is -2.33. The van der Waals surface area contributed by atoms with Crippen LogP contribution in [0.5, 0.6) is 0 Å². The van der Waals surface area contributed by atoms with Crippen LogP contribution in [-0.2, 0) is 0 Å². The third-order valence-corrected chi connectivity index (χ3v) is 5.80. The molecule has 164 valence electrons. The van der Waals surface area contributed by atoms with Gasteiger partial charge < -0.3 is 9.80 Å². The number of nitrogens with zero attached hydrogens (tertiary/aromatic N) is 5. The van der Waals surface area contributed by atoms with Crippen molar-refractivity contribution < 1.29 is 9.72 Å². The molecule has 0 saturated carbocycles. The van der Waals surface area contributed by atoms with Gasteiger partial charge in [0.05, 0.1) is 21.9 Å². The number of aryl methyl sites for hydroxylation is 1. The predicted molar refractivity (Wildman–Crippen MR) is 123 cm³/mol. The first kappa shape index (κ1) is 21.9. The Bertz CT molecular complexity index is 1160. The zero-order valence-electron chi connectivity index (χ0n) is 17.8. The number of benzene rings is 2. The van der Waals surface area contributed by atoms with Gasteiger partial charge in [0, 0.05) is 54.5 Å². The van der Waals surface area contributed by atoms with Crippen molar-refractivity contribution in [3.8, 4) is 22.6 Å². The van der Waals surface area contributed by atoms with E-state index in [1.165, 1.54) is 12.1 Å². The van der Waals surface area contributed by atoms with Gasteiger partial charge >= 0.3 is 0 Å². The molecule has 32 heavy (non-hydrogen) atoms. The van der Waals surface area contributed by atoms with E-state index in [0.717, 1.165) is 18.7 Å². The first-order valence-corrected chi connectivity index (χ1v) is 10.6. The van der Waals surface area contributed by atoms with Gasteiger partial charge in [-0.05, 0) is 50.4 Å². The largest absolute Gasteiger partial charge is 0.336 e. The molecular formula is C23H22ClN5O3. The molecule has 2 heterocycles. The highest BCUT2D eigenvalue weighted by molar-refractivity contribution is 6.30. The number of carbonyl (C=O) groups is 1. The highest BCUT2D eigenvalue weighted by Crippen LogP contribution is 2.30. The van der Waals surface area contributed by atoms with Crippen molar-refractivity contribution in [2.24, 2.45) is 0 Å². The number of amides is 1. The van der Waals surface area contributed by atoms with Crippen LogP contribution in [0, 0.1) is 17.0 Å². The van der Waals surface area contributed by atoms with E-state index in [0.29, 0.717) is 46.5 Å². The second kappa shape index (κ2) is 9.02. The van der Waals surface area contributed by atoms with Crippen LogP contribution < -0.4 is 0 Å². The zero-order valence-corrected chi connectivity index (χ0v) is 18.5. The second-order valence-electron chi connectivity index (χ2n) is 7.76. The molecule has 0 bridgehead atoms. The lowest BCUT2D eigenvalue weighted by Crippen LogP contribution is -2.47. The van der Waals surface area contributed by atoms with Gasteiger partial charge in [-0.25, -0.2) is 9.97 Å². The van der Waals surface area contributed by atoms with Crippen molar-refractivity contribution in [3.63, 3.8) is 0 Å². The molecule has 0 atom stereocenters. The van der Waals surface area contributed by atoms with E-state index in [2.05, 4.69) is 9.88 Å². The monoisotopic (exact) mass is 451 g/mol. The molecular weight excluding hydrogens is 430 g/mol. The van der Waals surface area contributed by atoms with Gasteiger partial charge in [0.25, 0.3) is 11.6 Å². The van der Waals surface area contributed by atoms with E-state index >= 15 is 0 Å². The van der Waals surface area contributed by atoms with Crippen molar-refractivity contribution in [2.75, 3.05) is 33.2 Å². The van der Waals surface area contributed by atoms with Crippen LogP contribution in [0.4, 0.5) is 5.69 Å². The topological polar surface area (TPSA) is 92.5 Å². The Morgan fingerprint density at radius 1 is 0.969 bits per heavy atom. The van der Waals surface area contributed by atoms with Crippen LogP contribution >= 0.6 is 11.6 Å².